The minimum atomic E-state index is 0.728. The Hall–Kier alpha value is -1.35. The summed E-state index contributed by atoms with van der Waals surface area (Å²) in [6.45, 7) is 0.728. The number of hydrogen-bond acceptors (Lipinski definition) is 3. The van der Waals surface area contributed by atoms with Gasteiger partial charge in [0.25, 0.3) is 0 Å². The van der Waals surface area contributed by atoms with E-state index in [4.69, 9.17) is 4.42 Å². The minimum Gasteiger partial charge on any atom is -0.467 e. The molecule has 0 amide bonds. The smallest absolute Gasteiger partial charge is 0.122 e. The Morgan fingerprint density at radius 3 is 2.60 bits per heavy atom. The van der Waals surface area contributed by atoms with E-state index in [9.17, 15) is 0 Å². The lowest BCUT2D eigenvalue weighted by Crippen LogP contribution is -1.97. The largest absolute Gasteiger partial charge is 0.467 e. The third kappa shape index (κ3) is 2.80. The summed E-state index contributed by atoms with van der Waals surface area (Å²) in [5, 5.41) is 3.30. The topological polar surface area (TPSA) is 25.2 Å². The molecule has 0 aliphatic carbocycles. The summed E-state index contributed by atoms with van der Waals surface area (Å²) < 4.78 is 5.23. The zero-order valence-corrected chi connectivity index (χ0v) is 9.38. The Morgan fingerprint density at radius 1 is 1.20 bits per heavy atom. The number of anilines is 1. The number of nitrogens with one attached hydrogen (secondary N) is 1. The number of furan rings is 1. The minimum absolute atomic E-state index is 0.728. The fraction of sp³-hybridized carbons (Fsp3) is 0.167. The van der Waals surface area contributed by atoms with Crippen molar-refractivity contribution in [2.24, 2.45) is 0 Å². The van der Waals surface area contributed by atoms with Gasteiger partial charge in [0.05, 0.1) is 12.8 Å². The lowest BCUT2D eigenvalue weighted by Gasteiger charge is -2.04. The van der Waals surface area contributed by atoms with Gasteiger partial charge in [-0.1, -0.05) is 0 Å². The molecule has 0 radical (unpaired) electrons. The maximum absolute atomic E-state index is 5.23. The van der Waals surface area contributed by atoms with E-state index in [1.165, 1.54) is 4.90 Å². The van der Waals surface area contributed by atoms with Gasteiger partial charge in [0.2, 0.25) is 0 Å². The fourth-order valence-electron chi connectivity index (χ4n) is 1.31. The lowest BCUT2D eigenvalue weighted by atomic mass is 10.3. The van der Waals surface area contributed by atoms with E-state index < -0.39 is 0 Å². The van der Waals surface area contributed by atoms with Crippen LogP contribution in [-0.2, 0) is 6.54 Å². The van der Waals surface area contributed by atoms with Crippen LogP contribution in [0.4, 0.5) is 5.69 Å². The molecule has 2 aromatic rings. The van der Waals surface area contributed by atoms with Crippen LogP contribution in [0.2, 0.25) is 0 Å². The molecule has 15 heavy (non-hydrogen) atoms. The van der Waals surface area contributed by atoms with Crippen LogP contribution in [0.25, 0.3) is 0 Å². The molecule has 1 N–H and O–H groups in total. The molecule has 0 aliphatic heterocycles. The van der Waals surface area contributed by atoms with Crippen molar-refractivity contribution in [1.82, 2.24) is 0 Å². The zero-order valence-electron chi connectivity index (χ0n) is 8.57. The van der Waals surface area contributed by atoms with Gasteiger partial charge in [0.1, 0.15) is 5.76 Å². The number of thioether (sulfide) groups is 1. The van der Waals surface area contributed by atoms with E-state index in [-0.39, 0.29) is 0 Å². The molecule has 0 spiro atoms. The van der Waals surface area contributed by atoms with Gasteiger partial charge in [-0.2, -0.15) is 0 Å². The molecule has 3 heteroatoms. The third-order valence-electron chi connectivity index (χ3n) is 2.14. The molecule has 0 bridgehead atoms. The molecule has 2 nitrogen and oxygen atoms in total. The second-order valence-electron chi connectivity index (χ2n) is 3.16. The van der Waals surface area contributed by atoms with Crippen molar-refractivity contribution >= 4 is 17.4 Å². The standard InChI is InChI=1S/C12H13NOS/c1-15-12-6-4-10(5-7-12)13-9-11-3-2-8-14-11/h2-8,13H,9H2,1H3. The molecule has 0 saturated carbocycles. The molecule has 0 fully saturated rings. The number of benzene rings is 1. The second-order valence-corrected chi connectivity index (χ2v) is 4.04. The van der Waals surface area contributed by atoms with Gasteiger partial charge in [-0.25, -0.2) is 0 Å². The van der Waals surface area contributed by atoms with Crippen molar-refractivity contribution in [2.45, 2.75) is 11.4 Å². The summed E-state index contributed by atoms with van der Waals surface area (Å²) in [5.41, 5.74) is 1.12. The van der Waals surface area contributed by atoms with Crippen LogP contribution in [-0.4, -0.2) is 6.26 Å². The summed E-state index contributed by atoms with van der Waals surface area (Å²) in [6, 6.07) is 12.2. The average molecular weight is 219 g/mol. The molecule has 2 rings (SSSR count). The summed E-state index contributed by atoms with van der Waals surface area (Å²) in [7, 11) is 0. The predicted octanol–water partition coefficient (Wildman–Crippen LogP) is 3.61. The molecule has 0 saturated heterocycles. The van der Waals surface area contributed by atoms with Crippen LogP contribution in [0.5, 0.6) is 0 Å². The number of hydrogen-bond donors (Lipinski definition) is 1. The molecule has 1 aromatic carbocycles. The third-order valence-corrected chi connectivity index (χ3v) is 2.88. The average Bonchev–Trinajstić information content (AvgIpc) is 2.80. The first-order chi connectivity index (χ1) is 7.38. The summed E-state index contributed by atoms with van der Waals surface area (Å²) >= 11 is 1.75. The van der Waals surface area contributed by atoms with Gasteiger partial charge in [-0.05, 0) is 42.7 Å². The quantitative estimate of drug-likeness (QED) is 0.795. The fourth-order valence-corrected chi connectivity index (χ4v) is 1.72. The van der Waals surface area contributed by atoms with Gasteiger partial charge < -0.3 is 9.73 Å². The monoisotopic (exact) mass is 219 g/mol. The summed E-state index contributed by atoms with van der Waals surface area (Å²) in [4.78, 5) is 1.28. The maximum Gasteiger partial charge on any atom is 0.122 e. The van der Waals surface area contributed by atoms with Crippen LogP contribution in [0.1, 0.15) is 5.76 Å². The van der Waals surface area contributed by atoms with E-state index in [1.54, 1.807) is 18.0 Å². The SMILES string of the molecule is CSc1ccc(NCc2ccco2)cc1. The molecule has 78 valence electrons. The van der Waals surface area contributed by atoms with Crippen molar-refractivity contribution < 1.29 is 4.42 Å². The number of rotatable bonds is 4. The van der Waals surface area contributed by atoms with E-state index >= 15 is 0 Å². The summed E-state index contributed by atoms with van der Waals surface area (Å²) in [6.07, 6.45) is 3.76. The molecular weight excluding hydrogens is 206 g/mol. The van der Waals surface area contributed by atoms with Crippen molar-refractivity contribution in [2.75, 3.05) is 11.6 Å². The van der Waals surface area contributed by atoms with Crippen LogP contribution >= 0.6 is 11.8 Å². The van der Waals surface area contributed by atoms with Crippen LogP contribution in [0.3, 0.4) is 0 Å². The van der Waals surface area contributed by atoms with Gasteiger partial charge in [0, 0.05) is 10.6 Å². The zero-order chi connectivity index (χ0) is 10.5. The Balaban J connectivity index is 1.93. The van der Waals surface area contributed by atoms with E-state index in [0.29, 0.717) is 0 Å². The molecule has 0 unspecified atom stereocenters. The second kappa shape index (κ2) is 4.94. The predicted molar refractivity (Wildman–Crippen MR) is 64.3 cm³/mol. The highest BCUT2D eigenvalue weighted by Crippen LogP contribution is 2.17. The first-order valence-corrected chi connectivity index (χ1v) is 6.01. The Morgan fingerprint density at radius 2 is 2.00 bits per heavy atom. The van der Waals surface area contributed by atoms with Crippen molar-refractivity contribution in [3.05, 3.63) is 48.4 Å². The highest BCUT2D eigenvalue weighted by atomic mass is 32.2. The van der Waals surface area contributed by atoms with Crippen LogP contribution in [0, 0.1) is 0 Å². The maximum atomic E-state index is 5.23. The Labute approximate surface area is 93.7 Å². The van der Waals surface area contributed by atoms with Gasteiger partial charge >= 0.3 is 0 Å². The first kappa shape index (κ1) is 10.2. The summed E-state index contributed by atoms with van der Waals surface area (Å²) in [5.74, 6) is 0.948. The molecule has 1 aromatic heterocycles. The van der Waals surface area contributed by atoms with E-state index in [0.717, 1.165) is 18.0 Å². The molecule has 0 aliphatic rings. The van der Waals surface area contributed by atoms with Crippen molar-refractivity contribution in [1.29, 1.82) is 0 Å². The van der Waals surface area contributed by atoms with E-state index in [1.807, 2.05) is 12.1 Å². The Bertz CT molecular complexity index is 394. The van der Waals surface area contributed by atoms with E-state index in [2.05, 4.69) is 35.8 Å². The van der Waals surface area contributed by atoms with Gasteiger partial charge in [0.15, 0.2) is 0 Å². The van der Waals surface area contributed by atoms with Crippen molar-refractivity contribution in [3.8, 4) is 0 Å². The molecule has 0 atom stereocenters. The molecular formula is C12H13NOS. The van der Waals surface area contributed by atoms with Crippen LogP contribution < -0.4 is 5.32 Å². The van der Waals surface area contributed by atoms with Gasteiger partial charge in [-0.15, -0.1) is 11.8 Å². The van der Waals surface area contributed by atoms with Gasteiger partial charge in [-0.3, -0.25) is 0 Å². The molecule has 1 heterocycles. The highest BCUT2D eigenvalue weighted by Gasteiger charge is 1.96. The highest BCUT2D eigenvalue weighted by molar-refractivity contribution is 7.98. The Kier molecular flexibility index (Phi) is 3.35. The lowest BCUT2D eigenvalue weighted by molar-refractivity contribution is 0.518. The normalized spacial score (nSPS) is 10.2. The first-order valence-electron chi connectivity index (χ1n) is 4.79. The van der Waals surface area contributed by atoms with Crippen LogP contribution in [0.15, 0.2) is 52.0 Å². The van der Waals surface area contributed by atoms with Crippen molar-refractivity contribution in [3.63, 3.8) is 0 Å².